The zero-order chi connectivity index (χ0) is 30.4. The van der Waals surface area contributed by atoms with Gasteiger partial charge in [0.05, 0.1) is 23.7 Å². The highest BCUT2D eigenvalue weighted by Crippen LogP contribution is 2.30. The Hall–Kier alpha value is -3.96. The standard InChI is InChI=1S/C13H11F3N2O3S.C11H7F3N2O2S/c1-21-7-13(11-3-2-4-17-18-11)22(19,20)12-6-9(15)8(14)5-10(12)16;12-8-4-10(14)11(5-9(8)13)19(17,18)6-7-2-1-3-15-16-7/h2-6,13H,7H2,1H3;1-5H,6H2. The lowest BCUT2D eigenvalue weighted by atomic mass is 10.3. The van der Waals surface area contributed by atoms with Crippen LogP contribution in [0.2, 0.25) is 0 Å². The van der Waals surface area contributed by atoms with Gasteiger partial charge in [-0.3, -0.25) is 0 Å². The quantitative estimate of drug-likeness (QED) is 0.164. The van der Waals surface area contributed by atoms with Gasteiger partial charge in [-0.25, -0.2) is 43.2 Å². The van der Waals surface area contributed by atoms with Gasteiger partial charge in [0.1, 0.15) is 26.7 Å². The molecule has 0 bridgehead atoms. The monoisotopic (exact) mass is 620 g/mol. The van der Waals surface area contributed by atoms with Crippen molar-refractivity contribution in [1.82, 2.24) is 20.4 Å². The first-order valence-electron chi connectivity index (χ1n) is 11.1. The summed E-state index contributed by atoms with van der Waals surface area (Å²) in [7, 11) is -7.31. The molecule has 218 valence electrons. The maximum Gasteiger partial charge on any atom is 0.192 e. The average molecular weight is 621 g/mol. The Kier molecular flexibility index (Phi) is 10.1. The molecule has 2 aromatic heterocycles. The molecule has 9 nitrogen and oxygen atoms in total. The average Bonchev–Trinajstić information content (AvgIpc) is 2.92. The molecule has 17 heteroatoms. The maximum absolute atomic E-state index is 13.8. The van der Waals surface area contributed by atoms with Crippen LogP contribution in [0.4, 0.5) is 26.3 Å². The highest BCUT2D eigenvalue weighted by molar-refractivity contribution is 7.91. The summed E-state index contributed by atoms with van der Waals surface area (Å²) < 4.78 is 133. The topological polar surface area (TPSA) is 129 Å². The third-order valence-corrected chi connectivity index (χ3v) is 8.88. The highest BCUT2D eigenvalue weighted by Gasteiger charge is 2.34. The molecule has 0 amide bonds. The summed E-state index contributed by atoms with van der Waals surface area (Å²) in [6.07, 6.45) is 2.67. The van der Waals surface area contributed by atoms with Gasteiger partial charge in [0.2, 0.25) is 0 Å². The van der Waals surface area contributed by atoms with Crippen LogP contribution < -0.4 is 0 Å². The molecule has 0 saturated carbocycles. The van der Waals surface area contributed by atoms with Gasteiger partial charge in [-0.1, -0.05) is 0 Å². The van der Waals surface area contributed by atoms with Crippen LogP contribution in [0.25, 0.3) is 0 Å². The molecule has 0 spiro atoms. The van der Waals surface area contributed by atoms with E-state index >= 15 is 0 Å². The number of methoxy groups -OCH3 is 1. The summed E-state index contributed by atoms with van der Waals surface area (Å²) in [5.74, 6) is -9.20. The van der Waals surface area contributed by atoms with Crippen molar-refractivity contribution in [3.63, 3.8) is 0 Å². The van der Waals surface area contributed by atoms with Gasteiger partial charge in [0, 0.05) is 31.6 Å². The van der Waals surface area contributed by atoms with Gasteiger partial charge in [0.15, 0.2) is 42.9 Å². The SMILES string of the molecule is COCC(c1cccnn1)S(=O)(=O)c1cc(F)c(F)cc1F.O=S(=O)(Cc1cccnn1)c1cc(F)c(F)cc1F. The number of hydrogen-bond acceptors (Lipinski definition) is 9. The van der Waals surface area contributed by atoms with E-state index in [0.29, 0.717) is 12.1 Å². The molecule has 0 fully saturated rings. The van der Waals surface area contributed by atoms with E-state index in [1.165, 1.54) is 43.8 Å². The summed E-state index contributed by atoms with van der Waals surface area (Å²) in [5.41, 5.74) is 0.0834. The van der Waals surface area contributed by atoms with Gasteiger partial charge in [0.25, 0.3) is 0 Å². The normalized spacial score (nSPS) is 12.4. The molecule has 1 atom stereocenters. The van der Waals surface area contributed by atoms with Crippen molar-refractivity contribution in [3.05, 3.63) is 107 Å². The number of sulfone groups is 2. The molecule has 2 heterocycles. The molecule has 0 N–H and O–H groups in total. The van der Waals surface area contributed by atoms with Crippen molar-refractivity contribution in [3.8, 4) is 0 Å². The van der Waals surface area contributed by atoms with Crippen molar-refractivity contribution in [2.75, 3.05) is 13.7 Å². The first-order valence-corrected chi connectivity index (χ1v) is 14.3. The summed E-state index contributed by atoms with van der Waals surface area (Å²) in [5, 5.41) is 12.8. The number of ether oxygens (including phenoxy) is 1. The Bertz CT molecular complexity index is 1730. The van der Waals surface area contributed by atoms with E-state index in [4.69, 9.17) is 4.74 Å². The zero-order valence-electron chi connectivity index (χ0n) is 20.7. The first kappa shape index (κ1) is 31.6. The van der Waals surface area contributed by atoms with Crippen LogP contribution in [0.15, 0.2) is 70.7 Å². The Labute approximate surface area is 229 Å². The molecular weight excluding hydrogens is 602 g/mol. The molecular formula is C24H18F6N4O5S2. The van der Waals surface area contributed by atoms with Crippen LogP contribution >= 0.6 is 0 Å². The number of rotatable bonds is 8. The molecule has 0 aliphatic rings. The van der Waals surface area contributed by atoms with E-state index in [1.54, 1.807) is 0 Å². The van der Waals surface area contributed by atoms with Crippen LogP contribution in [0.5, 0.6) is 0 Å². The summed E-state index contributed by atoms with van der Waals surface area (Å²) >= 11 is 0. The number of hydrogen-bond donors (Lipinski definition) is 0. The fraction of sp³-hybridized carbons (Fsp3) is 0.167. The minimum atomic E-state index is -4.40. The van der Waals surface area contributed by atoms with E-state index in [0.717, 1.165) is 0 Å². The van der Waals surface area contributed by atoms with Crippen LogP contribution in [-0.2, 0) is 30.2 Å². The molecule has 0 aliphatic carbocycles. The maximum atomic E-state index is 13.8. The summed E-state index contributed by atoms with van der Waals surface area (Å²) in [4.78, 5) is -1.86. The van der Waals surface area contributed by atoms with Crippen LogP contribution in [0, 0.1) is 34.9 Å². The van der Waals surface area contributed by atoms with Gasteiger partial charge in [-0.05, 0) is 36.4 Å². The third kappa shape index (κ3) is 7.62. The number of nitrogens with zero attached hydrogens (tertiary/aromatic N) is 4. The smallest absolute Gasteiger partial charge is 0.192 e. The lowest BCUT2D eigenvalue weighted by molar-refractivity contribution is 0.196. The Morgan fingerprint density at radius 2 is 1.22 bits per heavy atom. The zero-order valence-corrected chi connectivity index (χ0v) is 22.3. The lowest BCUT2D eigenvalue weighted by Crippen LogP contribution is -2.21. The van der Waals surface area contributed by atoms with Gasteiger partial charge < -0.3 is 4.74 Å². The van der Waals surface area contributed by atoms with Crippen LogP contribution in [0.1, 0.15) is 16.6 Å². The van der Waals surface area contributed by atoms with Crippen molar-refractivity contribution < 1.29 is 47.9 Å². The Balaban J connectivity index is 0.000000228. The van der Waals surface area contributed by atoms with E-state index in [1.807, 2.05) is 0 Å². The molecule has 4 rings (SSSR count). The predicted octanol–water partition coefficient (Wildman–Crippen LogP) is 3.92. The fourth-order valence-electron chi connectivity index (χ4n) is 3.27. The number of aromatic nitrogens is 4. The summed E-state index contributed by atoms with van der Waals surface area (Å²) in [6, 6.07) is 6.65. The summed E-state index contributed by atoms with van der Waals surface area (Å²) in [6.45, 7) is -0.348. The first-order chi connectivity index (χ1) is 19.3. The Morgan fingerprint density at radius 1 is 0.707 bits per heavy atom. The molecule has 0 radical (unpaired) electrons. The second kappa shape index (κ2) is 13.1. The lowest BCUT2D eigenvalue weighted by Gasteiger charge is -2.16. The van der Waals surface area contributed by atoms with E-state index in [2.05, 4.69) is 20.4 Å². The molecule has 2 aromatic carbocycles. The van der Waals surface area contributed by atoms with E-state index < -0.39 is 75.4 Å². The predicted molar refractivity (Wildman–Crippen MR) is 129 cm³/mol. The second-order valence-electron chi connectivity index (χ2n) is 8.01. The fourth-order valence-corrected chi connectivity index (χ4v) is 6.27. The molecule has 1 unspecified atom stereocenters. The van der Waals surface area contributed by atoms with Crippen LogP contribution in [-0.4, -0.2) is 50.9 Å². The van der Waals surface area contributed by atoms with E-state index in [-0.39, 0.29) is 30.1 Å². The molecule has 0 aliphatic heterocycles. The minimum Gasteiger partial charge on any atom is -0.383 e. The van der Waals surface area contributed by atoms with Crippen molar-refractivity contribution in [2.24, 2.45) is 0 Å². The molecule has 41 heavy (non-hydrogen) atoms. The van der Waals surface area contributed by atoms with Crippen LogP contribution in [0.3, 0.4) is 0 Å². The van der Waals surface area contributed by atoms with E-state index in [9.17, 15) is 43.2 Å². The number of benzene rings is 2. The van der Waals surface area contributed by atoms with Crippen molar-refractivity contribution in [2.45, 2.75) is 20.8 Å². The molecule has 4 aromatic rings. The Morgan fingerprint density at radius 3 is 1.73 bits per heavy atom. The van der Waals surface area contributed by atoms with Gasteiger partial charge in [-0.2, -0.15) is 20.4 Å². The minimum absolute atomic E-state index is 0.00785. The molecule has 0 saturated heterocycles. The third-order valence-electron chi connectivity index (χ3n) is 5.17. The van der Waals surface area contributed by atoms with Gasteiger partial charge >= 0.3 is 0 Å². The van der Waals surface area contributed by atoms with Crippen molar-refractivity contribution >= 4 is 19.7 Å². The largest absolute Gasteiger partial charge is 0.383 e. The number of halogens is 6. The second-order valence-corrected chi connectivity index (χ2v) is 12.1. The highest BCUT2D eigenvalue weighted by atomic mass is 32.2. The van der Waals surface area contributed by atoms with Gasteiger partial charge in [-0.15, -0.1) is 0 Å². The van der Waals surface area contributed by atoms with Crippen molar-refractivity contribution in [1.29, 1.82) is 0 Å².